The molecule has 2 aromatic rings. The number of hydrogen-bond donors (Lipinski definition) is 2. The molecule has 0 spiro atoms. The molecule has 1 amide bonds. The number of amides is 1. The summed E-state index contributed by atoms with van der Waals surface area (Å²) in [5.41, 5.74) is 2.10. The molecule has 0 aromatic heterocycles. The summed E-state index contributed by atoms with van der Waals surface area (Å²) in [5.74, 6) is -0.325. The Morgan fingerprint density at radius 1 is 1.25 bits per heavy atom. The van der Waals surface area contributed by atoms with Crippen molar-refractivity contribution in [3.05, 3.63) is 71.0 Å². The molecule has 0 aliphatic heterocycles. The van der Waals surface area contributed by atoms with E-state index in [4.69, 9.17) is 0 Å². The number of hydrogen-bond acceptors (Lipinski definition) is 3. The first-order valence-corrected chi connectivity index (χ1v) is 9.75. The predicted molar refractivity (Wildman–Crippen MR) is 107 cm³/mol. The van der Waals surface area contributed by atoms with Gasteiger partial charge >= 0.3 is 0 Å². The van der Waals surface area contributed by atoms with E-state index in [0.717, 1.165) is 30.4 Å². The highest BCUT2D eigenvalue weighted by Crippen LogP contribution is 2.39. The average molecular weight is 379 g/mol. The molecule has 2 atom stereocenters. The van der Waals surface area contributed by atoms with Crippen LogP contribution in [0.4, 0.5) is 4.39 Å². The molecule has 0 radical (unpaired) electrons. The van der Waals surface area contributed by atoms with Crippen molar-refractivity contribution < 1.29 is 9.18 Å². The molecule has 28 heavy (non-hydrogen) atoms. The Labute approximate surface area is 165 Å². The third-order valence-electron chi connectivity index (χ3n) is 5.40. The van der Waals surface area contributed by atoms with Crippen molar-refractivity contribution in [3.8, 4) is 6.07 Å². The zero-order valence-corrected chi connectivity index (χ0v) is 16.3. The Bertz CT molecular complexity index is 870. The Balaban J connectivity index is 1.75. The summed E-state index contributed by atoms with van der Waals surface area (Å²) in [6.45, 7) is 3.91. The van der Waals surface area contributed by atoms with Crippen molar-refractivity contribution in [1.82, 2.24) is 10.6 Å². The highest BCUT2D eigenvalue weighted by Gasteiger charge is 2.42. The largest absolute Gasteiger partial charge is 0.337 e. The zero-order chi connectivity index (χ0) is 20.1. The average Bonchev–Trinajstić information content (AvgIpc) is 3.54. The molecule has 0 bridgehead atoms. The van der Waals surface area contributed by atoms with E-state index in [0.29, 0.717) is 0 Å². The third kappa shape index (κ3) is 4.76. The molecule has 5 heteroatoms. The van der Waals surface area contributed by atoms with Gasteiger partial charge < -0.3 is 5.32 Å². The van der Waals surface area contributed by atoms with E-state index in [1.165, 1.54) is 17.7 Å². The monoisotopic (exact) mass is 379 g/mol. The summed E-state index contributed by atoms with van der Waals surface area (Å²) in [7, 11) is 0. The van der Waals surface area contributed by atoms with Crippen LogP contribution in [0.25, 0.3) is 0 Å². The number of halogens is 1. The Kier molecular flexibility index (Phi) is 6.11. The summed E-state index contributed by atoms with van der Waals surface area (Å²) in [6.07, 6.45) is 2.87. The second kappa shape index (κ2) is 8.53. The molecule has 2 aromatic carbocycles. The van der Waals surface area contributed by atoms with E-state index in [1.54, 1.807) is 13.0 Å². The standard InChI is InChI=1S/C23H26FN3O/c1-3-16-7-9-17(10-8-16)22(18-5-4-6-20(24)13-18)26-14-21(28)27-23(2,15-25)19-11-12-19/h4-10,13,19,22,26H,3,11-12,14H2,1-2H3,(H,27,28)/t22-,23-/m0/s1. The van der Waals surface area contributed by atoms with Crippen LogP contribution in [0.15, 0.2) is 48.5 Å². The van der Waals surface area contributed by atoms with Crippen molar-refractivity contribution in [3.63, 3.8) is 0 Å². The molecular formula is C23H26FN3O. The lowest BCUT2D eigenvalue weighted by atomic mass is 9.96. The summed E-state index contributed by atoms with van der Waals surface area (Å²) in [5, 5.41) is 15.5. The lowest BCUT2D eigenvalue weighted by Gasteiger charge is -2.25. The zero-order valence-electron chi connectivity index (χ0n) is 16.3. The van der Waals surface area contributed by atoms with Crippen molar-refractivity contribution in [1.29, 1.82) is 5.26 Å². The van der Waals surface area contributed by atoms with Crippen LogP contribution in [-0.4, -0.2) is 18.0 Å². The van der Waals surface area contributed by atoms with Crippen molar-refractivity contribution in [2.75, 3.05) is 6.54 Å². The maximum Gasteiger partial charge on any atom is 0.235 e. The maximum absolute atomic E-state index is 13.8. The van der Waals surface area contributed by atoms with Gasteiger partial charge in [-0.25, -0.2) is 4.39 Å². The molecule has 2 N–H and O–H groups in total. The smallest absolute Gasteiger partial charge is 0.235 e. The quantitative estimate of drug-likeness (QED) is 0.732. The van der Waals surface area contributed by atoms with Crippen molar-refractivity contribution in [2.24, 2.45) is 5.92 Å². The normalized spacial score (nSPS) is 16.6. The summed E-state index contributed by atoms with van der Waals surface area (Å²) in [6, 6.07) is 16.4. The van der Waals surface area contributed by atoms with Crippen LogP contribution in [-0.2, 0) is 11.2 Å². The van der Waals surface area contributed by atoms with E-state index in [-0.39, 0.29) is 30.2 Å². The molecule has 146 valence electrons. The number of carbonyl (C=O) groups is 1. The fraction of sp³-hybridized carbons (Fsp3) is 0.391. The molecule has 4 nitrogen and oxygen atoms in total. The van der Waals surface area contributed by atoms with Gasteiger partial charge in [0, 0.05) is 0 Å². The van der Waals surface area contributed by atoms with Gasteiger partial charge in [0.05, 0.1) is 18.7 Å². The van der Waals surface area contributed by atoms with Crippen LogP contribution < -0.4 is 10.6 Å². The van der Waals surface area contributed by atoms with Crippen LogP contribution in [0, 0.1) is 23.1 Å². The molecule has 1 aliphatic rings. The predicted octanol–water partition coefficient (Wildman–Crippen LogP) is 3.88. The third-order valence-corrected chi connectivity index (χ3v) is 5.40. The first-order chi connectivity index (χ1) is 13.4. The minimum Gasteiger partial charge on any atom is -0.337 e. The summed E-state index contributed by atoms with van der Waals surface area (Å²) in [4.78, 5) is 12.5. The number of benzene rings is 2. The molecule has 1 fully saturated rings. The van der Waals surface area contributed by atoms with Crippen LogP contribution in [0.2, 0.25) is 0 Å². The van der Waals surface area contributed by atoms with Gasteiger partial charge in [-0.15, -0.1) is 0 Å². The van der Waals surface area contributed by atoms with Crippen LogP contribution in [0.1, 0.15) is 49.4 Å². The van der Waals surface area contributed by atoms with Gasteiger partial charge in [0.1, 0.15) is 11.4 Å². The van der Waals surface area contributed by atoms with E-state index in [2.05, 4.69) is 23.6 Å². The van der Waals surface area contributed by atoms with Gasteiger partial charge in [-0.2, -0.15) is 5.26 Å². The minimum atomic E-state index is -0.824. The summed E-state index contributed by atoms with van der Waals surface area (Å²) < 4.78 is 13.8. The Morgan fingerprint density at radius 3 is 2.54 bits per heavy atom. The molecule has 0 unspecified atom stereocenters. The fourth-order valence-electron chi connectivity index (χ4n) is 3.47. The highest BCUT2D eigenvalue weighted by atomic mass is 19.1. The summed E-state index contributed by atoms with van der Waals surface area (Å²) >= 11 is 0. The topological polar surface area (TPSA) is 64.9 Å². The molecule has 3 rings (SSSR count). The van der Waals surface area contributed by atoms with Gasteiger partial charge in [-0.3, -0.25) is 10.1 Å². The lowest BCUT2D eigenvalue weighted by molar-refractivity contribution is -0.121. The SMILES string of the molecule is CCc1ccc([C@H](NCC(=O)N[C@@](C)(C#N)C2CC2)c2cccc(F)c2)cc1. The number of carbonyl (C=O) groups excluding carboxylic acids is 1. The van der Waals surface area contributed by atoms with Crippen LogP contribution in [0.5, 0.6) is 0 Å². The molecule has 0 saturated heterocycles. The first-order valence-electron chi connectivity index (χ1n) is 9.75. The Morgan fingerprint density at radius 2 is 1.96 bits per heavy atom. The minimum absolute atomic E-state index is 0.0424. The van der Waals surface area contributed by atoms with Crippen LogP contribution in [0.3, 0.4) is 0 Å². The van der Waals surface area contributed by atoms with Crippen molar-refractivity contribution >= 4 is 5.91 Å². The van der Waals surface area contributed by atoms with Gasteiger partial charge in [0.15, 0.2) is 0 Å². The first kappa shape index (κ1) is 20.0. The fourth-order valence-corrected chi connectivity index (χ4v) is 3.47. The van der Waals surface area contributed by atoms with Crippen molar-refractivity contribution in [2.45, 2.75) is 44.7 Å². The number of aryl methyl sites for hydroxylation is 1. The number of nitrogens with one attached hydrogen (secondary N) is 2. The molecule has 0 heterocycles. The van der Waals surface area contributed by atoms with Gasteiger partial charge in [0.2, 0.25) is 5.91 Å². The van der Waals surface area contributed by atoms with Gasteiger partial charge in [-0.05, 0) is 60.9 Å². The maximum atomic E-state index is 13.8. The highest BCUT2D eigenvalue weighted by molar-refractivity contribution is 5.79. The second-order valence-corrected chi connectivity index (χ2v) is 7.60. The van der Waals surface area contributed by atoms with Gasteiger partial charge in [-0.1, -0.05) is 43.3 Å². The molecule has 1 aliphatic carbocycles. The Hall–Kier alpha value is -2.71. The molecule has 1 saturated carbocycles. The van der Waals surface area contributed by atoms with E-state index in [1.807, 2.05) is 30.3 Å². The van der Waals surface area contributed by atoms with E-state index >= 15 is 0 Å². The van der Waals surface area contributed by atoms with E-state index < -0.39 is 5.54 Å². The number of nitriles is 1. The number of rotatable bonds is 8. The number of nitrogens with zero attached hydrogens (tertiary/aromatic N) is 1. The van der Waals surface area contributed by atoms with Gasteiger partial charge in [0.25, 0.3) is 0 Å². The second-order valence-electron chi connectivity index (χ2n) is 7.60. The lowest BCUT2D eigenvalue weighted by Crippen LogP contribution is -2.49. The van der Waals surface area contributed by atoms with Crippen LogP contribution >= 0.6 is 0 Å². The molecular weight excluding hydrogens is 353 g/mol. The van der Waals surface area contributed by atoms with E-state index in [9.17, 15) is 14.4 Å².